The monoisotopic (exact) mass is 301 g/mol. The molecule has 1 aromatic heterocycles. The Bertz CT molecular complexity index is 587. The predicted octanol–water partition coefficient (Wildman–Crippen LogP) is 3.69. The van der Waals surface area contributed by atoms with Gasteiger partial charge in [-0.2, -0.15) is 0 Å². The number of halogens is 3. The van der Waals surface area contributed by atoms with Crippen molar-refractivity contribution in [1.82, 2.24) is 10.2 Å². The molecule has 0 bridgehead atoms. The average molecular weight is 303 g/mol. The highest BCUT2D eigenvalue weighted by atomic mass is 35.5. The van der Waals surface area contributed by atoms with Gasteiger partial charge in [0.25, 0.3) is 5.91 Å². The Morgan fingerprint density at radius 1 is 1.06 bits per heavy atom. The molecule has 0 unspecified atom stereocenters. The second-order valence-electron chi connectivity index (χ2n) is 3.33. The number of benzene rings is 1. The quantitative estimate of drug-likeness (QED) is 0.920. The Kier molecular flexibility index (Phi) is 4.01. The molecule has 1 N–H and O–H groups in total. The lowest BCUT2D eigenvalue weighted by Gasteiger charge is -2.06. The van der Waals surface area contributed by atoms with Crippen molar-refractivity contribution in [3.63, 3.8) is 0 Å². The summed E-state index contributed by atoms with van der Waals surface area (Å²) in [5.74, 6) is -0.417. The van der Waals surface area contributed by atoms with E-state index in [2.05, 4.69) is 15.5 Å². The fourth-order valence-corrected chi connectivity index (χ4v) is 1.70. The normalized spacial score (nSPS) is 10.2. The van der Waals surface area contributed by atoms with Crippen LogP contribution in [0.3, 0.4) is 0 Å². The van der Waals surface area contributed by atoms with Crippen LogP contribution in [0.4, 0.5) is 5.69 Å². The van der Waals surface area contributed by atoms with Gasteiger partial charge in [0, 0.05) is 10.7 Å². The minimum atomic E-state index is -0.417. The van der Waals surface area contributed by atoms with Crippen molar-refractivity contribution in [2.24, 2.45) is 0 Å². The standard InChI is InChI=1S/C11H6Cl3N3O/c12-6-1-3-7(4-2-6)15-11(18)8-5-9(13)16-17-10(8)14/h1-5H,(H,15,18). The van der Waals surface area contributed by atoms with Crippen LogP contribution < -0.4 is 5.32 Å². The van der Waals surface area contributed by atoms with Crippen LogP contribution in [0.15, 0.2) is 30.3 Å². The van der Waals surface area contributed by atoms with Crippen LogP contribution in [0.2, 0.25) is 15.3 Å². The summed E-state index contributed by atoms with van der Waals surface area (Å²) in [6.45, 7) is 0. The number of nitrogens with zero attached hydrogens (tertiary/aromatic N) is 2. The first-order valence-electron chi connectivity index (χ1n) is 4.82. The van der Waals surface area contributed by atoms with Gasteiger partial charge in [0.1, 0.15) is 0 Å². The summed E-state index contributed by atoms with van der Waals surface area (Å²) in [6.07, 6.45) is 0. The van der Waals surface area contributed by atoms with Crippen LogP contribution in [-0.4, -0.2) is 16.1 Å². The molecule has 7 heteroatoms. The third-order valence-corrected chi connectivity index (χ3v) is 2.78. The lowest BCUT2D eigenvalue weighted by Crippen LogP contribution is -2.13. The predicted molar refractivity (Wildman–Crippen MR) is 71.5 cm³/mol. The lowest BCUT2D eigenvalue weighted by atomic mass is 10.2. The van der Waals surface area contributed by atoms with Crippen LogP contribution in [0, 0.1) is 0 Å². The number of aromatic nitrogens is 2. The van der Waals surface area contributed by atoms with E-state index in [1.807, 2.05) is 0 Å². The fraction of sp³-hybridized carbons (Fsp3) is 0. The van der Waals surface area contributed by atoms with E-state index in [9.17, 15) is 4.79 Å². The van der Waals surface area contributed by atoms with Gasteiger partial charge in [0.05, 0.1) is 5.56 Å². The second-order valence-corrected chi connectivity index (χ2v) is 4.51. The van der Waals surface area contributed by atoms with Crippen LogP contribution in [0.1, 0.15) is 10.4 Å². The zero-order valence-electron chi connectivity index (χ0n) is 8.82. The third kappa shape index (κ3) is 3.10. The number of hydrogen-bond donors (Lipinski definition) is 1. The summed E-state index contributed by atoms with van der Waals surface area (Å²) in [6, 6.07) is 8.02. The van der Waals surface area contributed by atoms with Gasteiger partial charge in [-0.15, -0.1) is 10.2 Å². The maximum absolute atomic E-state index is 11.9. The minimum absolute atomic E-state index is 0.00846. The summed E-state index contributed by atoms with van der Waals surface area (Å²) in [4.78, 5) is 11.9. The molecule has 0 aliphatic carbocycles. The van der Waals surface area contributed by atoms with E-state index in [-0.39, 0.29) is 15.9 Å². The van der Waals surface area contributed by atoms with Gasteiger partial charge in [-0.25, -0.2) is 0 Å². The molecule has 4 nitrogen and oxygen atoms in total. The van der Waals surface area contributed by atoms with Crippen molar-refractivity contribution >= 4 is 46.4 Å². The van der Waals surface area contributed by atoms with E-state index < -0.39 is 5.91 Å². The Balaban J connectivity index is 2.21. The highest BCUT2D eigenvalue weighted by molar-refractivity contribution is 6.34. The molecule has 92 valence electrons. The smallest absolute Gasteiger partial charge is 0.258 e. The number of nitrogens with one attached hydrogen (secondary N) is 1. The summed E-state index contributed by atoms with van der Waals surface area (Å²) in [5.41, 5.74) is 0.750. The van der Waals surface area contributed by atoms with Crippen molar-refractivity contribution in [2.75, 3.05) is 5.32 Å². The zero-order chi connectivity index (χ0) is 13.1. The highest BCUT2D eigenvalue weighted by Crippen LogP contribution is 2.18. The Morgan fingerprint density at radius 3 is 2.39 bits per heavy atom. The number of carbonyl (C=O) groups excluding carboxylic acids is 1. The molecule has 0 spiro atoms. The molecule has 2 rings (SSSR count). The van der Waals surface area contributed by atoms with Crippen molar-refractivity contribution in [3.05, 3.63) is 51.2 Å². The molecule has 2 aromatic rings. The average Bonchev–Trinajstić information content (AvgIpc) is 2.35. The zero-order valence-corrected chi connectivity index (χ0v) is 11.1. The molecule has 0 saturated heterocycles. The molecule has 0 atom stereocenters. The number of rotatable bonds is 2. The number of hydrogen-bond acceptors (Lipinski definition) is 3. The second kappa shape index (κ2) is 5.52. The van der Waals surface area contributed by atoms with E-state index in [4.69, 9.17) is 34.8 Å². The molecule has 1 aromatic carbocycles. The first-order valence-corrected chi connectivity index (χ1v) is 5.95. The van der Waals surface area contributed by atoms with Gasteiger partial charge in [0.2, 0.25) is 0 Å². The van der Waals surface area contributed by atoms with E-state index >= 15 is 0 Å². The lowest BCUT2D eigenvalue weighted by molar-refractivity contribution is 0.102. The van der Waals surface area contributed by atoms with Crippen LogP contribution in [-0.2, 0) is 0 Å². The Hall–Kier alpha value is -1.36. The molecule has 0 radical (unpaired) electrons. The van der Waals surface area contributed by atoms with Gasteiger partial charge in [0.15, 0.2) is 10.3 Å². The van der Waals surface area contributed by atoms with E-state index in [1.54, 1.807) is 24.3 Å². The number of anilines is 1. The topological polar surface area (TPSA) is 54.9 Å². The van der Waals surface area contributed by atoms with Crippen LogP contribution in [0.5, 0.6) is 0 Å². The first kappa shape index (κ1) is 13.1. The molecular weight excluding hydrogens is 296 g/mol. The largest absolute Gasteiger partial charge is 0.322 e. The Labute approximate surface area is 118 Å². The van der Waals surface area contributed by atoms with Crippen LogP contribution in [0.25, 0.3) is 0 Å². The molecule has 0 aliphatic heterocycles. The number of amides is 1. The van der Waals surface area contributed by atoms with Gasteiger partial charge in [-0.05, 0) is 30.3 Å². The van der Waals surface area contributed by atoms with Gasteiger partial charge >= 0.3 is 0 Å². The van der Waals surface area contributed by atoms with Crippen LogP contribution >= 0.6 is 34.8 Å². The van der Waals surface area contributed by atoms with Crippen molar-refractivity contribution in [1.29, 1.82) is 0 Å². The Morgan fingerprint density at radius 2 is 1.72 bits per heavy atom. The molecule has 1 amide bonds. The molecule has 18 heavy (non-hydrogen) atoms. The molecule has 0 aliphatic rings. The van der Waals surface area contributed by atoms with E-state index in [0.717, 1.165) is 0 Å². The molecule has 0 fully saturated rings. The number of carbonyl (C=O) groups is 1. The van der Waals surface area contributed by atoms with Crippen molar-refractivity contribution in [3.8, 4) is 0 Å². The molecule has 1 heterocycles. The van der Waals surface area contributed by atoms with Gasteiger partial charge < -0.3 is 5.32 Å². The SMILES string of the molecule is O=C(Nc1ccc(Cl)cc1)c1cc(Cl)nnc1Cl. The molecular formula is C11H6Cl3N3O. The van der Waals surface area contributed by atoms with E-state index in [1.165, 1.54) is 6.07 Å². The van der Waals surface area contributed by atoms with Gasteiger partial charge in [-0.1, -0.05) is 34.8 Å². The minimum Gasteiger partial charge on any atom is -0.322 e. The summed E-state index contributed by atoms with van der Waals surface area (Å²) in [7, 11) is 0. The van der Waals surface area contributed by atoms with Crippen molar-refractivity contribution in [2.45, 2.75) is 0 Å². The first-order chi connectivity index (χ1) is 8.56. The fourth-order valence-electron chi connectivity index (χ4n) is 1.24. The summed E-state index contributed by atoms with van der Waals surface area (Å²) >= 11 is 17.2. The highest BCUT2D eigenvalue weighted by Gasteiger charge is 2.13. The summed E-state index contributed by atoms with van der Waals surface area (Å²) < 4.78 is 0. The third-order valence-electron chi connectivity index (χ3n) is 2.07. The van der Waals surface area contributed by atoms with Gasteiger partial charge in [-0.3, -0.25) is 4.79 Å². The molecule has 0 saturated carbocycles. The van der Waals surface area contributed by atoms with E-state index in [0.29, 0.717) is 10.7 Å². The van der Waals surface area contributed by atoms with Crippen molar-refractivity contribution < 1.29 is 4.79 Å². The summed E-state index contributed by atoms with van der Waals surface area (Å²) in [5, 5.41) is 10.4. The maximum Gasteiger partial charge on any atom is 0.258 e. The maximum atomic E-state index is 11.9.